The molecule has 2 rings (SSSR count). The zero-order valence-corrected chi connectivity index (χ0v) is 14.4. The molecule has 4 nitrogen and oxygen atoms in total. The summed E-state index contributed by atoms with van der Waals surface area (Å²) in [6.07, 6.45) is 5.57. The lowest BCUT2D eigenvalue weighted by Gasteiger charge is -2.13. The average Bonchev–Trinajstić information content (AvgIpc) is 2.51. The van der Waals surface area contributed by atoms with Gasteiger partial charge in [-0.2, -0.15) is 0 Å². The number of carbonyl (C=O) groups is 1. The topological polar surface area (TPSA) is 54.0 Å². The molecule has 2 aromatic rings. The maximum absolute atomic E-state index is 12.5. The lowest BCUT2D eigenvalue weighted by molar-refractivity contribution is 0.102. The summed E-state index contributed by atoms with van der Waals surface area (Å²) in [4.78, 5) is 16.7. The molecule has 0 saturated carbocycles. The van der Waals surface area contributed by atoms with Gasteiger partial charge in [0, 0.05) is 24.6 Å². The SMILES string of the molecule is CCCCNc1cncc(C(=O)Nc2c(C)cc(C)cc2C)c1. The summed E-state index contributed by atoms with van der Waals surface area (Å²) in [5.41, 5.74) is 5.66. The number of pyridine rings is 1. The highest BCUT2D eigenvalue weighted by Gasteiger charge is 2.11. The van der Waals surface area contributed by atoms with Crippen LogP contribution in [0.4, 0.5) is 11.4 Å². The Bertz CT molecular complexity index is 672. The molecule has 0 spiro atoms. The monoisotopic (exact) mass is 311 g/mol. The first kappa shape index (κ1) is 17.0. The molecule has 23 heavy (non-hydrogen) atoms. The molecule has 0 fully saturated rings. The molecule has 1 heterocycles. The molecule has 2 N–H and O–H groups in total. The minimum atomic E-state index is -0.133. The first-order valence-corrected chi connectivity index (χ1v) is 8.09. The van der Waals surface area contributed by atoms with Crippen LogP contribution in [0.5, 0.6) is 0 Å². The fourth-order valence-corrected chi connectivity index (χ4v) is 2.63. The van der Waals surface area contributed by atoms with Gasteiger partial charge in [0.2, 0.25) is 0 Å². The molecule has 0 atom stereocenters. The van der Waals surface area contributed by atoms with Gasteiger partial charge in [-0.15, -0.1) is 0 Å². The number of aromatic nitrogens is 1. The standard InChI is InChI=1S/C19H25N3O/c1-5-6-7-21-17-10-16(11-20-12-17)19(23)22-18-14(3)8-13(2)9-15(18)4/h8-12,21H,5-7H2,1-4H3,(H,22,23). The molecule has 0 unspecified atom stereocenters. The van der Waals surface area contributed by atoms with Gasteiger partial charge in [-0.25, -0.2) is 0 Å². The number of rotatable bonds is 6. The highest BCUT2D eigenvalue weighted by Crippen LogP contribution is 2.22. The summed E-state index contributed by atoms with van der Waals surface area (Å²) >= 11 is 0. The maximum atomic E-state index is 12.5. The Morgan fingerprint density at radius 1 is 1.09 bits per heavy atom. The van der Waals surface area contributed by atoms with Crippen LogP contribution in [0.3, 0.4) is 0 Å². The number of anilines is 2. The number of aryl methyl sites for hydroxylation is 3. The third kappa shape index (κ3) is 4.55. The number of hydrogen-bond donors (Lipinski definition) is 2. The Morgan fingerprint density at radius 2 is 1.78 bits per heavy atom. The number of unbranched alkanes of at least 4 members (excludes halogenated alkanes) is 1. The van der Waals surface area contributed by atoms with Crippen molar-refractivity contribution in [2.75, 3.05) is 17.2 Å². The zero-order chi connectivity index (χ0) is 16.8. The molecule has 1 amide bonds. The van der Waals surface area contributed by atoms with E-state index in [1.54, 1.807) is 12.4 Å². The second kappa shape index (κ2) is 7.77. The Hall–Kier alpha value is -2.36. The molecule has 1 aromatic heterocycles. The van der Waals surface area contributed by atoms with Gasteiger partial charge in [0.05, 0.1) is 11.3 Å². The predicted molar refractivity (Wildman–Crippen MR) is 96.2 cm³/mol. The summed E-state index contributed by atoms with van der Waals surface area (Å²) in [6.45, 7) is 9.11. The van der Waals surface area contributed by atoms with E-state index in [-0.39, 0.29) is 5.91 Å². The van der Waals surface area contributed by atoms with E-state index in [1.165, 1.54) is 5.56 Å². The van der Waals surface area contributed by atoms with Gasteiger partial charge in [-0.3, -0.25) is 9.78 Å². The molecule has 0 aliphatic heterocycles. The van der Waals surface area contributed by atoms with Gasteiger partial charge >= 0.3 is 0 Å². The van der Waals surface area contributed by atoms with Crippen LogP contribution in [0.25, 0.3) is 0 Å². The van der Waals surface area contributed by atoms with E-state index < -0.39 is 0 Å². The van der Waals surface area contributed by atoms with E-state index in [4.69, 9.17) is 0 Å². The molecule has 0 bridgehead atoms. The minimum absolute atomic E-state index is 0.133. The second-order valence-corrected chi connectivity index (χ2v) is 5.97. The van der Waals surface area contributed by atoms with Crippen molar-refractivity contribution in [3.8, 4) is 0 Å². The van der Waals surface area contributed by atoms with Crippen LogP contribution in [0.15, 0.2) is 30.6 Å². The van der Waals surface area contributed by atoms with Crippen molar-refractivity contribution in [3.05, 3.63) is 52.8 Å². The number of nitrogens with zero attached hydrogens (tertiary/aromatic N) is 1. The van der Waals surface area contributed by atoms with Crippen LogP contribution in [0.1, 0.15) is 46.8 Å². The van der Waals surface area contributed by atoms with Gasteiger partial charge < -0.3 is 10.6 Å². The molecule has 0 radical (unpaired) electrons. The summed E-state index contributed by atoms with van der Waals surface area (Å²) in [5.74, 6) is -0.133. The Labute approximate surface area is 138 Å². The van der Waals surface area contributed by atoms with Crippen molar-refractivity contribution in [1.29, 1.82) is 0 Å². The number of amides is 1. The highest BCUT2D eigenvalue weighted by molar-refractivity contribution is 6.05. The first-order chi connectivity index (χ1) is 11.0. The quantitative estimate of drug-likeness (QED) is 0.774. The van der Waals surface area contributed by atoms with Crippen LogP contribution in [0, 0.1) is 20.8 Å². The molecule has 122 valence electrons. The summed E-state index contributed by atoms with van der Waals surface area (Å²) in [7, 11) is 0. The van der Waals surface area contributed by atoms with Crippen molar-refractivity contribution in [2.45, 2.75) is 40.5 Å². The van der Waals surface area contributed by atoms with E-state index in [2.05, 4.69) is 41.6 Å². The molecule has 0 saturated heterocycles. The van der Waals surface area contributed by atoms with Gasteiger partial charge in [0.15, 0.2) is 0 Å². The lowest BCUT2D eigenvalue weighted by Crippen LogP contribution is -2.15. The van der Waals surface area contributed by atoms with Crippen molar-refractivity contribution in [1.82, 2.24) is 4.98 Å². The number of benzene rings is 1. The van der Waals surface area contributed by atoms with E-state index in [9.17, 15) is 4.79 Å². The minimum Gasteiger partial charge on any atom is -0.384 e. The van der Waals surface area contributed by atoms with Gasteiger partial charge in [0.25, 0.3) is 5.91 Å². The largest absolute Gasteiger partial charge is 0.384 e. The molecule has 4 heteroatoms. The summed E-state index contributed by atoms with van der Waals surface area (Å²) in [5, 5.41) is 6.30. The number of nitrogens with one attached hydrogen (secondary N) is 2. The van der Waals surface area contributed by atoms with E-state index >= 15 is 0 Å². The van der Waals surface area contributed by atoms with Crippen LogP contribution in [0.2, 0.25) is 0 Å². The zero-order valence-electron chi connectivity index (χ0n) is 14.4. The van der Waals surface area contributed by atoms with E-state index in [0.29, 0.717) is 5.56 Å². The van der Waals surface area contributed by atoms with E-state index in [0.717, 1.165) is 41.9 Å². The van der Waals surface area contributed by atoms with Crippen LogP contribution < -0.4 is 10.6 Å². The maximum Gasteiger partial charge on any atom is 0.257 e. The highest BCUT2D eigenvalue weighted by atomic mass is 16.1. The normalized spacial score (nSPS) is 10.4. The molecular weight excluding hydrogens is 286 g/mol. The molecule has 0 aliphatic carbocycles. The van der Waals surface area contributed by atoms with Crippen molar-refractivity contribution in [2.24, 2.45) is 0 Å². The number of hydrogen-bond acceptors (Lipinski definition) is 3. The predicted octanol–water partition coefficient (Wildman–Crippen LogP) is 4.47. The van der Waals surface area contributed by atoms with Crippen LogP contribution in [-0.2, 0) is 0 Å². The summed E-state index contributed by atoms with van der Waals surface area (Å²) < 4.78 is 0. The molecule has 1 aromatic carbocycles. The Kier molecular flexibility index (Phi) is 5.74. The fourth-order valence-electron chi connectivity index (χ4n) is 2.63. The van der Waals surface area contributed by atoms with Crippen molar-refractivity contribution < 1.29 is 4.79 Å². The molecule has 0 aliphatic rings. The van der Waals surface area contributed by atoms with E-state index in [1.807, 2.05) is 19.9 Å². The Morgan fingerprint density at radius 3 is 2.43 bits per heavy atom. The fraction of sp³-hybridized carbons (Fsp3) is 0.368. The smallest absolute Gasteiger partial charge is 0.257 e. The van der Waals surface area contributed by atoms with Gasteiger partial charge in [-0.1, -0.05) is 31.0 Å². The van der Waals surface area contributed by atoms with Crippen LogP contribution in [-0.4, -0.2) is 17.4 Å². The number of carbonyl (C=O) groups excluding carboxylic acids is 1. The van der Waals surface area contributed by atoms with Gasteiger partial charge in [-0.05, 0) is 44.4 Å². The second-order valence-electron chi connectivity index (χ2n) is 5.97. The Balaban J connectivity index is 2.13. The average molecular weight is 311 g/mol. The lowest BCUT2D eigenvalue weighted by atomic mass is 10.0. The molecular formula is C19H25N3O. The summed E-state index contributed by atoms with van der Waals surface area (Å²) in [6, 6.07) is 5.99. The van der Waals surface area contributed by atoms with Crippen LogP contribution >= 0.6 is 0 Å². The van der Waals surface area contributed by atoms with Crippen molar-refractivity contribution in [3.63, 3.8) is 0 Å². The van der Waals surface area contributed by atoms with Crippen molar-refractivity contribution >= 4 is 17.3 Å². The third-order valence-corrected chi connectivity index (χ3v) is 3.78. The third-order valence-electron chi connectivity index (χ3n) is 3.78. The first-order valence-electron chi connectivity index (χ1n) is 8.09. The van der Waals surface area contributed by atoms with Gasteiger partial charge in [0.1, 0.15) is 0 Å².